The van der Waals surface area contributed by atoms with Gasteiger partial charge in [-0.1, -0.05) is 70.2 Å². The number of hydrogen-bond acceptors (Lipinski definition) is 2. The fourth-order valence-electron chi connectivity index (χ4n) is 3.60. The first-order chi connectivity index (χ1) is 12.5. The van der Waals surface area contributed by atoms with Gasteiger partial charge < -0.3 is 0 Å². The summed E-state index contributed by atoms with van der Waals surface area (Å²) in [5.41, 5.74) is 4.33. The summed E-state index contributed by atoms with van der Waals surface area (Å²) in [4.78, 5) is 24.3. The maximum Gasteiger partial charge on any atom is 0.165 e. The quantitative estimate of drug-likeness (QED) is 0.640. The van der Waals surface area contributed by atoms with Gasteiger partial charge in [-0.05, 0) is 41.5 Å². The molecule has 0 radical (unpaired) electrons. The molecule has 0 aliphatic heterocycles. The molecule has 0 spiro atoms. The molecule has 1 aliphatic carbocycles. The van der Waals surface area contributed by atoms with Crippen molar-refractivity contribution >= 4 is 11.6 Å². The number of hydrogen-bond donors (Lipinski definition) is 0. The molecule has 3 rings (SSSR count). The van der Waals surface area contributed by atoms with Gasteiger partial charge in [0.25, 0.3) is 0 Å². The van der Waals surface area contributed by atoms with Crippen molar-refractivity contribution in [1.29, 1.82) is 0 Å². The first kappa shape index (κ1) is 20.1. The van der Waals surface area contributed by atoms with Gasteiger partial charge in [0, 0.05) is 24.3 Å². The van der Waals surface area contributed by atoms with Crippen LogP contribution in [-0.2, 0) is 17.6 Å². The van der Waals surface area contributed by atoms with Gasteiger partial charge in [-0.2, -0.15) is 0 Å². The Hall–Kier alpha value is -2.22. The van der Waals surface area contributed by atoms with Crippen LogP contribution in [0.4, 0.5) is 0 Å². The Bertz CT molecular complexity index is 746. The van der Waals surface area contributed by atoms with Crippen LogP contribution in [0.2, 0.25) is 0 Å². The van der Waals surface area contributed by atoms with Crippen molar-refractivity contribution in [2.45, 2.75) is 59.3 Å². The number of Topliss-reactive ketones (excluding diaryl/α,β-unsaturated/α-hetero) is 2. The van der Waals surface area contributed by atoms with Gasteiger partial charge >= 0.3 is 0 Å². The molecule has 26 heavy (non-hydrogen) atoms. The highest BCUT2D eigenvalue weighted by atomic mass is 16.1. The van der Waals surface area contributed by atoms with Crippen molar-refractivity contribution in [3.63, 3.8) is 0 Å². The summed E-state index contributed by atoms with van der Waals surface area (Å²) in [5, 5.41) is 0. The molecule has 2 aromatic rings. The predicted molar refractivity (Wildman–Crippen MR) is 108 cm³/mol. The first-order valence-corrected chi connectivity index (χ1v) is 9.77. The van der Waals surface area contributed by atoms with E-state index in [-0.39, 0.29) is 11.7 Å². The molecular formula is C24H30O2. The smallest absolute Gasteiger partial charge is 0.165 e. The summed E-state index contributed by atoms with van der Waals surface area (Å²) < 4.78 is 0. The van der Waals surface area contributed by atoms with E-state index >= 15 is 0 Å². The summed E-state index contributed by atoms with van der Waals surface area (Å²) in [6.45, 7) is 8.20. The zero-order valence-corrected chi connectivity index (χ0v) is 16.4. The van der Waals surface area contributed by atoms with Crippen molar-refractivity contribution < 1.29 is 9.59 Å². The molecule has 0 bridgehead atoms. The monoisotopic (exact) mass is 350 g/mol. The van der Waals surface area contributed by atoms with Gasteiger partial charge in [-0.15, -0.1) is 0 Å². The lowest BCUT2D eigenvalue weighted by Gasteiger charge is -2.19. The SMILES string of the molecule is CC.CC(C[C@@H](C)c1ccccc1)C(=O)c1ccc2c(c1)CCC(=O)C2. The maximum absolute atomic E-state index is 12.8. The summed E-state index contributed by atoms with van der Waals surface area (Å²) >= 11 is 0. The van der Waals surface area contributed by atoms with Gasteiger partial charge in [0.2, 0.25) is 0 Å². The molecule has 0 saturated carbocycles. The molecule has 138 valence electrons. The van der Waals surface area contributed by atoms with E-state index < -0.39 is 0 Å². The number of fused-ring (bicyclic) bond motifs is 1. The average Bonchev–Trinajstić information content (AvgIpc) is 2.69. The van der Waals surface area contributed by atoms with Crippen LogP contribution in [-0.4, -0.2) is 11.6 Å². The Morgan fingerprint density at radius 1 is 0.962 bits per heavy atom. The predicted octanol–water partition coefficient (Wildman–Crippen LogP) is 5.78. The van der Waals surface area contributed by atoms with Crippen LogP contribution in [0, 0.1) is 5.92 Å². The fraction of sp³-hybridized carbons (Fsp3) is 0.417. The van der Waals surface area contributed by atoms with Crippen LogP contribution >= 0.6 is 0 Å². The van der Waals surface area contributed by atoms with E-state index in [9.17, 15) is 9.59 Å². The van der Waals surface area contributed by atoms with Gasteiger partial charge in [0.15, 0.2) is 5.78 Å². The fourth-order valence-corrected chi connectivity index (χ4v) is 3.60. The van der Waals surface area contributed by atoms with Crippen molar-refractivity contribution in [2.24, 2.45) is 5.92 Å². The zero-order valence-electron chi connectivity index (χ0n) is 16.4. The Kier molecular flexibility index (Phi) is 7.32. The van der Waals surface area contributed by atoms with Gasteiger partial charge in [-0.3, -0.25) is 9.59 Å². The molecule has 2 atom stereocenters. The molecule has 0 fully saturated rings. The van der Waals surface area contributed by atoms with E-state index in [1.165, 1.54) is 11.1 Å². The second-order valence-corrected chi connectivity index (χ2v) is 7.01. The number of carbonyl (C=O) groups excluding carboxylic acids is 2. The molecule has 0 heterocycles. The summed E-state index contributed by atoms with van der Waals surface area (Å²) in [6, 6.07) is 16.2. The molecule has 0 N–H and O–H groups in total. The largest absolute Gasteiger partial charge is 0.299 e. The third-order valence-corrected chi connectivity index (χ3v) is 5.07. The highest BCUT2D eigenvalue weighted by molar-refractivity contribution is 5.98. The summed E-state index contributed by atoms with van der Waals surface area (Å²) in [6.07, 6.45) is 2.73. The third-order valence-electron chi connectivity index (χ3n) is 5.07. The Balaban J connectivity index is 0.00000117. The second kappa shape index (κ2) is 9.47. The highest BCUT2D eigenvalue weighted by Gasteiger charge is 2.21. The molecule has 0 aromatic heterocycles. The minimum atomic E-state index is -0.0107. The zero-order chi connectivity index (χ0) is 19.1. The van der Waals surface area contributed by atoms with E-state index in [0.29, 0.717) is 24.5 Å². The van der Waals surface area contributed by atoms with Crippen LogP contribution < -0.4 is 0 Å². The molecule has 0 amide bonds. The Labute approximate surface area is 157 Å². The van der Waals surface area contributed by atoms with Crippen LogP contribution in [0.5, 0.6) is 0 Å². The minimum absolute atomic E-state index is 0.0107. The topological polar surface area (TPSA) is 34.1 Å². The molecule has 2 aromatic carbocycles. The summed E-state index contributed by atoms with van der Waals surface area (Å²) in [7, 11) is 0. The molecule has 1 aliphatic rings. The second-order valence-electron chi connectivity index (χ2n) is 7.01. The van der Waals surface area contributed by atoms with E-state index in [1.54, 1.807) is 0 Å². The number of rotatable bonds is 5. The van der Waals surface area contributed by atoms with Gasteiger partial charge in [0.05, 0.1) is 0 Å². The molecule has 2 nitrogen and oxygen atoms in total. The highest BCUT2D eigenvalue weighted by Crippen LogP contribution is 2.27. The molecule has 0 saturated heterocycles. The van der Waals surface area contributed by atoms with Crippen LogP contribution in [0.15, 0.2) is 48.5 Å². The van der Waals surface area contributed by atoms with Crippen molar-refractivity contribution in [1.82, 2.24) is 0 Å². The van der Waals surface area contributed by atoms with Crippen LogP contribution in [0.3, 0.4) is 0 Å². The van der Waals surface area contributed by atoms with E-state index in [2.05, 4.69) is 19.1 Å². The number of benzene rings is 2. The van der Waals surface area contributed by atoms with Crippen molar-refractivity contribution in [3.8, 4) is 0 Å². The molecule has 1 unspecified atom stereocenters. The summed E-state index contributed by atoms with van der Waals surface area (Å²) in [5.74, 6) is 0.855. The Morgan fingerprint density at radius 3 is 2.35 bits per heavy atom. The van der Waals surface area contributed by atoms with E-state index in [1.807, 2.05) is 57.2 Å². The lowest BCUT2D eigenvalue weighted by Crippen LogP contribution is -2.17. The number of aryl methyl sites for hydroxylation is 1. The van der Waals surface area contributed by atoms with Gasteiger partial charge in [0.1, 0.15) is 5.78 Å². The number of carbonyl (C=O) groups is 2. The van der Waals surface area contributed by atoms with Crippen molar-refractivity contribution in [2.75, 3.05) is 0 Å². The normalized spacial score (nSPS) is 15.3. The number of ketones is 2. The van der Waals surface area contributed by atoms with Crippen molar-refractivity contribution in [3.05, 3.63) is 70.8 Å². The molecular weight excluding hydrogens is 320 g/mol. The van der Waals surface area contributed by atoms with E-state index in [4.69, 9.17) is 0 Å². The van der Waals surface area contributed by atoms with E-state index in [0.717, 1.165) is 24.0 Å². The van der Waals surface area contributed by atoms with Crippen LogP contribution in [0.1, 0.15) is 73.5 Å². The standard InChI is InChI=1S/C22H24O2.C2H6/c1-15(17-6-4-3-5-7-17)12-16(2)22(24)20-9-8-19-14-21(23)11-10-18(19)13-20;1-2/h3-9,13,15-16H,10-12,14H2,1-2H3;1-2H3/t15-,16?;/m1./s1. The lowest BCUT2D eigenvalue weighted by molar-refractivity contribution is -0.118. The lowest BCUT2D eigenvalue weighted by atomic mass is 9.84. The Morgan fingerprint density at radius 2 is 1.65 bits per heavy atom. The average molecular weight is 351 g/mol. The maximum atomic E-state index is 12.8. The minimum Gasteiger partial charge on any atom is -0.299 e. The van der Waals surface area contributed by atoms with Crippen LogP contribution in [0.25, 0.3) is 0 Å². The third kappa shape index (κ3) is 4.91. The first-order valence-electron chi connectivity index (χ1n) is 9.77. The van der Waals surface area contributed by atoms with Gasteiger partial charge in [-0.25, -0.2) is 0 Å². The molecule has 2 heteroatoms.